The van der Waals surface area contributed by atoms with Crippen molar-refractivity contribution in [1.82, 2.24) is 10.1 Å². The number of benzene rings is 1. The molecule has 5 heteroatoms. The molecule has 0 spiro atoms. The van der Waals surface area contributed by atoms with Gasteiger partial charge in [0.25, 0.3) is 0 Å². The molecule has 5 nitrogen and oxygen atoms in total. The Morgan fingerprint density at radius 3 is 2.95 bits per heavy atom. The maximum absolute atomic E-state index is 6.02. The zero-order valence-corrected chi connectivity index (χ0v) is 11.7. The summed E-state index contributed by atoms with van der Waals surface area (Å²) in [5, 5.41) is 4.05. The largest absolute Gasteiger partial charge is 0.482 e. The van der Waals surface area contributed by atoms with E-state index in [9.17, 15) is 0 Å². The van der Waals surface area contributed by atoms with Crippen molar-refractivity contribution in [3.8, 4) is 5.75 Å². The molecule has 1 aliphatic heterocycles. The van der Waals surface area contributed by atoms with Gasteiger partial charge in [-0.05, 0) is 18.1 Å². The summed E-state index contributed by atoms with van der Waals surface area (Å²) in [6, 6.07) is 8.03. The van der Waals surface area contributed by atoms with Gasteiger partial charge in [0.2, 0.25) is 11.7 Å². The van der Waals surface area contributed by atoms with E-state index in [2.05, 4.69) is 23.1 Å². The molecule has 1 aromatic carbocycles. The van der Waals surface area contributed by atoms with Gasteiger partial charge in [-0.15, -0.1) is 0 Å². The van der Waals surface area contributed by atoms with Crippen LogP contribution in [0, 0.1) is 0 Å². The molecule has 1 aliphatic rings. The molecule has 0 saturated heterocycles. The maximum Gasteiger partial charge on any atom is 0.231 e. The molecule has 3 rings (SSSR count). The van der Waals surface area contributed by atoms with E-state index in [1.165, 1.54) is 5.56 Å². The van der Waals surface area contributed by atoms with E-state index in [0.717, 1.165) is 18.6 Å². The van der Waals surface area contributed by atoms with Crippen molar-refractivity contribution in [2.24, 2.45) is 5.73 Å². The molecular weight excluding hydrogens is 254 g/mol. The standard InChI is InChI=1S/C15H19N3O2/c1-3-11(16)9(2)15-17-14(18-20-15)13-8-10-6-4-5-7-12(10)19-13/h4-7,9,11,13H,3,8,16H2,1-2H3. The first kappa shape index (κ1) is 13.1. The molecule has 2 aromatic rings. The highest BCUT2D eigenvalue weighted by Gasteiger charge is 2.29. The second kappa shape index (κ2) is 5.25. The summed E-state index contributed by atoms with van der Waals surface area (Å²) >= 11 is 0. The van der Waals surface area contributed by atoms with Crippen LogP contribution in [0.15, 0.2) is 28.8 Å². The number of rotatable bonds is 4. The Hall–Kier alpha value is -1.88. The second-order valence-corrected chi connectivity index (χ2v) is 5.27. The Kier molecular flexibility index (Phi) is 3.44. The monoisotopic (exact) mass is 273 g/mol. The maximum atomic E-state index is 6.02. The van der Waals surface area contributed by atoms with Gasteiger partial charge in [-0.3, -0.25) is 0 Å². The lowest BCUT2D eigenvalue weighted by Gasteiger charge is -2.13. The molecule has 1 aromatic heterocycles. The summed E-state index contributed by atoms with van der Waals surface area (Å²) in [5.41, 5.74) is 7.20. The number of nitrogens with zero attached hydrogens (tertiary/aromatic N) is 2. The number of hydrogen-bond acceptors (Lipinski definition) is 5. The predicted octanol–water partition coefficient (Wildman–Crippen LogP) is 2.59. The zero-order valence-electron chi connectivity index (χ0n) is 11.7. The van der Waals surface area contributed by atoms with E-state index in [-0.39, 0.29) is 18.1 Å². The first-order valence-corrected chi connectivity index (χ1v) is 7.02. The number of fused-ring (bicyclic) bond motifs is 1. The van der Waals surface area contributed by atoms with Gasteiger partial charge in [-0.25, -0.2) is 0 Å². The van der Waals surface area contributed by atoms with E-state index >= 15 is 0 Å². The fourth-order valence-corrected chi connectivity index (χ4v) is 2.43. The minimum atomic E-state index is -0.157. The molecule has 0 bridgehead atoms. The summed E-state index contributed by atoms with van der Waals surface area (Å²) < 4.78 is 11.2. The van der Waals surface area contributed by atoms with E-state index in [1.807, 2.05) is 25.1 Å². The fraction of sp³-hybridized carbons (Fsp3) is 0.467. The minimum Gasteiger partial charge on any atom is -0.482 e. The average Bonchev–Trinajstić information content (AvgIpc) is 3.11. The Labute approximate surface area is 118 Å². The average molecular weight is 273 g/mol. The number of nitrogens with two attached hydrogens (primary N) is 1. The van der Waals surface area contributed by atoms with Crippen molar-refractivity contribution in [2.75, 3.05) is 0 Å². The minimum absolute atomic E-state index is 0.0324. The Balaban J connectivity index is 1.76. The van der Waals surface area contributed by atoms with Gasteiger partial charge >= 0.3 is 0 Å². The van der Waals surface area contributed by atoms with Crippen LogP contribution in [-0.4, -0.2) is 16.2 Å². The molecule has 0 aliphatic carbocycles. The number of hydrogen-bond donors (Lipinski definition) is 1. The molecule has 3 atom stereocenters. The summed E-state index contributed by atoms with van der Waals surface area (Å²) in [6.45, 7) is 4.06. The van der Waals surface area contributed by atoms with Gasteiger partial charge in [-0.1, -0.05) is 37.2 Å². The molecule has 106 valence electrons. The van der Waals surface area contributed by atoms with Crippen LogP contribution < -0.4 is 10.5 Å². The van der Waals surface area contributed by atoms with Gasteiger partial charge in [-0.2, -0.15) is 4.98 Å². The highest BCUT2D eigenvalue weighted by atomic mass is 16.5. The third-order valence-electron chi connectivity index (χ3n) is 3.90. The SMILES string of the molecule is CCC(N)C(C)c1nc(C2Cc3ccccc3O2)no1. The zero-order chi connectivity index (χ0) is 14.1. The molecule has 3 unspecified atom stereocenters. The van der Waals surface area contributed by atoms with Crippen LogP contribution >= 0.6 is 0 Å². The molecule has 0 amide bonds. The van der Waals surface area contributed by atoms with E-state index in [0.29, 0.717) is 11.7 Å². The number of para-hydroxylation sites is 1. The Morgan fingerprint density at radius 2 is 2.20 bits per heavy atom. The van der Waals surface area contributed by atoms with E-state index < -0.39 is 0 Å². The summed E-state index contributed by atoms with van der Waals surface area (Å²) in [7, 11) is 0. The summed E-state index contributed by atoms with van der Waals surface area (Å²) in [5.74, 6) is 2.16. The van der Waals surface area contributed by atoms with Crippen molar-refractivity contribution >= 4 is 0 Å². The van der Waals surface area contributed by atoms with Gasteiger partial charge in [0, 0.05) is 12.5 Å². The quantitative estimate of drug-likeness (QED) is 0.926. The van der Waals surface area contributed by atoms with Crippen LogP contribution in [0.25, 0.3) is 0 Å². The molecule has 2 N–H and O–H groups in total. The van der Waals surface area contributed by atoms with E-state index in [1.54, 1.807) is 0 Å². The molecular formula is C15H19N3O2. The summed E-state index contributed by atoms with van der Waals surface area (Å²) in [4.78, 5) is 4.46. The Bertz CT molecular complexity index is 571. The van der Waals surface area contributed by atoms with Gasteiger partial charge in [0.15, 0.2) is 6.10 Å². The van der Waals surface area contributed by atoms with Crippen molar-refractivity contribution in [3.63, 3.8) is 0 Å². The third kappa shape index (κ3) is 2.29. The number of aromatic nitrogens is 2. The van der Waals surface area contributed by atoms with Crippen molar-refractivity contribution < 1.29 is 9.26 Å². The normalized spacial score (nSPS) is 20.2. The van der Waals surface area contributed by atoms with E-state index in [4.69, 9.17) is 15.0 Å². The fourth-order valence-electron chi connectivity index (χ4n) is 2.43. The lowest BCUT2D eigenvalue weighted by atomic mass is 10.0. The molecule has 0 saturated carbocycles. The first-order chi connectivity index (χ1) is 9.69. The van der Waals surface area contributed by atoms with Gasteiger partial charge in [0.1, 0.15) is 5.75 Å². The van der Waals surface area contributed by atoms with Crippen LogP contribution in [0.1, 0.15) is 49.6 Å². The predicted molar refractivity (Wildman–Crippen MR) is 74.5 cm³/mol. The van der Waals surface area contributed by atoms with Crippen LogP contribution in [0.2, 0.25) is 0 Å². The summed E-state index contributed by atoms with van der Waals surface area (Å²) in [6.07, 6.45) is 1.50. The lowest BCUT2D eigenvalue weighted by Crippen LogP contribution is -2.25. The second-order valence-electron chi connectivity index (χ2n) is 5.27. The van der Waals surface area contributed by atoms with Crippen molar-refractivity contribution in [3.05, 3.63) is 41.5 Å². The first-order valence-electron chi connectivity index (χ1n) is 7.02. The van der Waals surface area contributed by atoms with Crippen LogP contribution in [-0.2, 0) is 6.42 Å². The molecule has 0 fully saturated rings. The molecule has 20 heavy (non-hydrogen) atoms. The smallest absolute Gasteiger partial charge is 0.231 e. The molecule has 2 heterocycles. The molecule has 0 radical (unpaired) electrons. The topological polar surface area (TPSA) is 74.2 Å². The lowest BCUT2D eigenvalue weighted by molar-refractivity contribution is 0.220. The highest BCUT2D eigenvalue weighted by Crippen LogP contribution is 2.35. The third-order valence-corrected chi connectivity index (χ3v) is 3.90. The van der Waals surface area contributed by atoms with Crippen LogP contribution in [0.4, 0.5) is 0 Å². The van der Waals surface area contributed by atoms with Gasteiger partial charge < -0.3 is 15.0 Å². The van der Waals surface area contributed by atoms with Crippen molar-refractivity contribution in [1.29, 1.82) is 0 Å². The van der Waals surface area contributed by atoms with Crippen LogP contribution in [0.3, 0.4) is 0 Å². The number of ether oxygens (including phenoxy) is 1. The van der Waals surface area contributed by atoms with Crippen LogP contribution in [0.5, 0.6) is 5.75 Å². The van der Waals surface area contributed by atoms with Gasteiger partial charge in [0.05, 0.1) is 5.92 Å². The highest BCUT2D eigenvalue weighted by molar-refractivity contribution is 5.37. The van der Waals surface area contributed by atoms with Crippen molar-refractivity contribution in [2.45, 2.75) is 44.8 Å². The Morgan fingerprint density at radius 1 is 1.40 bits per heavy atom.